The lowest BCUT2D eigenvalue weighted by molar-refractivity contribution is -0.0760. The van der Waals surface area contributed by atoms with Gasteiger partial charge >= 0.3 is 6.09 Å². The van der Waals surface area contributed by atoms with Crippen molar-refractivity contribution < 1.29 is 24.0 Å². The number of fused-ring (bicyclic) bond motifs is 1. The summed E-state index contributed by atoms with van der Waals surface area (Å²) in [6.45, 7) is 7.62. The van der Waals surface area contributed by atoms with Crippen LogP contribution in [-0.2, 0) is 4.84 Å². The minimum absolute atomic E-state index is 0.0931. The number of rotatable bonds is 3. The number of oxazole rings is 1. The average molecular weight is 380 g/mol. The van der Waals surface area contributed by atoms with Gasteiger partial charge in [0.15, 0.2) is 5.69 Å². The Labute approximate surface area is 158 Å². The molecule has 3 rings (SSSR count). The Hall–Kier alpha value is -2.13. The highest BCUT2D eigenvalue weighted by molar-refractivity contribution is 5.91. The van der Waals surface area contributed by atoms with Crippen molar-refractivity contribution in [2.24, 2.45) is 5.41 Å². The van der Waals surface area contributed by atoms with Crippen molar-refractivity contribution in [3.8, 4) is 0 Å². The second-order valence-electron chi connectivity index (χ2n) is 8.28. The molecule has 2 amide bonds. The first-order valence-corrected chi connectivity index (χ1v) is 9.18. The van der Waals surface area contributed by atoms with Crippen LogP contribution in [0.5, 0.6) is 0 Å². The summed E-state index contributed by atoms with van der Waals surface area (Å²) in [6.07, 6.45) is 2.29. The van der Waals surface area contributed by atoms with Crippen LogP contribution >= 0.6 is 0 Å². The van der Waals surface area contributed by atoms with Gasteiger partial charge in [-0.1, -0.05) is 20.8 Å². The van der Waals surface area contributed by atoms with Crippen LogP contribution < -0.4 is 0 Å². The lowest BCUT2D eigenvalue weighted by atomic mass is 9.78. The van der Waals surface area contributed by atoms with Gasteiger partial charge in [0.1, 0.15) is 12.3 Å². The molecular formula is C18H28N4O5. The van der Waals surface area contributed by atoms with Crippen LogP contribution in [0.4, 0.5) is 4.79 Å². The molecule has 0 radical (unpaired) electrons. The summed E-state index contributed by atoms with van der Waals surface area (Å²) in [5, 5.41) is 11.1. The Balaban J connectivity index is 1.97. The molecule has 0 saturated carbocycles. The fraction of sp³-hybridized carbons (Fsp3) is 0.722. The van der Waals surface area contributed by atoms with Gasteiger partial charge in [-0.3, -0.25) is 19.4 Å². The molecular weight excluding hydrogens is 352 g/mol. The molecule has 3 atom stereocenters. The third-order valence-electron chi connectivity index (χ3n) is 5.52. The largest absolute Gasteiger partial charge is 0.465 e. The standard InChI is InChI=1S/C18H28N4O5/c1-18(2,3)14-12-7-6-8-21(12)9-13(22(14)17(24)25)15-19-11(10-27-15)16(23)20(4)26-5/h10,12-14H,6-9H2,1-5H3,(H,24,25)/t12-,13+,14?/m1/s1. The summed E-state index contributed by atoms with van der Waals surface area (Å²) >= 11 is 0. The summed E-state index contributed by atoms with van der Waals surface area (Å²) in [6, 6.07) is -0.563. The Bertz CT molecular complexity index is 713. The summed E-state index contributed by atoms with van der Waals surface area (Å²) in [5.41, 5.74) is -0.151. The number of hydroxylamine groups is 2. The predicted octanol–water partition coefficient (Wildman–Crippen LogP) is 2.22. The molecule has 1 aromatic rings. The molecule has 0 spiro atoms. The van der Waals surface area contributed by atoms with Crippen molar-refractivity contribution in [3.05, 3.63) is 17.8 Å². The van der Waals surface area contributed by atoms with Gasteiger partial charge in [0.25, 0.3) is 5.91 Å². The van der Waals surface area contributed by atoms with Crippen LogP contribution in [0.2, 0.25) is 0 Å². The van der Waals surface area contributed by atoms with E-state index in [1.54, 1.807) is 0 Å². The maximum Gasteiger partial charge on any atom is 0.408 e. The third-order valence-corrected chi connectivity index (χ3v) is 5.52. The molecule has 150 valence electrons. The van der Waals surface area contributed by atoms with Gasteiger partial charge in [-0.2, -0.15) is 0 Å². The molecule has 2 saturated heterocycles. The summed E-state index contributed by atoms with van der Waals surface area (Å²) < 4.78 is 5.56. The van der Waals surface area contributed by atoms with Gasteiger partial charge in [-0.25, -0.2) is 14.8 Å². The molecule has 1 N–H and O–H groups in total. The van der Waals surface area contributed by atoms with Crippen LogP contribution in [0.3, 0.4) is 0 Å². The van der Waals surface area contributed by atoms with E-state index in [1.807, 2.05) is 0 Å². The maximum atomic E-state index is 12.2. The van der Waals surface area contributed by atoms with E-state index in [9.17, 15) is 14.7 Å². The van der Waals surface area contributed by atoms with Gasteiger partial charge in [0.2, 0.25) is 5.89 Å². The zero-order valence-electron chi connectivity index (χ0n) is 16.5. The van der Waals surface area contributed by atoms with Crippen LogP contribution in [0.25, 0.3) is 0 Å². The first-order chi connectivity index (χ1) is 12.6. The van der Waals surface area contributed by atoms with E-state index in [1.165, 1.54) is 25.3 Å². The van der Waals surface area contributed by atoms with E-state index >= 15 is 0 Å². The number of amides is 2. The van der Waals surface area contributed by atoms with Crippen LogP contribution in [0.15, 0.2) is 10.7 Å². The minimum atomic E-state index is -0.994. The van der Waals surface area contributed by atoms with Crippen molar-refractivity contribution in [2.75, 3.05) is 27.2 Å². The second kappa shape index (κ2) is 7.12. The molecule has 0 bridgehead atoms. The number of piperazine rings is 1. The van der Waals surface area contributed by atoms with E-state index in [0.29, 0.717) is 6.54 Å². The Morgan fingerprint density at radius 1 is 1.41 bits per heavy atom. The topological polar surface area (TPSA) is 99.4 Å². The van der Waals surface area contributed by atoms with Gasteiger partial charge in [-0.15, -0.1) is 0 Å². The number of nitrogens with zero attached hydrogens (tertiary/aromatic N) is 4. The highest BCUT2D eigenvalue weighted by Gasteiger charge is 2.52. The zero-order chi connectivity index (χ0) is 19.9. The molecule has 0 aliphatic carbocycles. The molecule has 2 fully saturated rings. The molecule has 9 nitrogen and oxygen atoms in total. The Morgan fingerprint density at radius 3 is 2.70 bits per heavy atom. The van der Waals surface area contributed by atoms with E-state index in [4.69, 9.17) is 9.25 Å². The number of carboxylic acid groups (broad SMARTS) is 1. The molecule has 1 unspecified atom stereocenters. The summed E-state index contributed by atoms with van der Waals surface area (Å²) in [4.78, 5) is 37.4. The monoisotopic (exact) mass is 380 g/mol. The predicted molar refractivity (Wildman–Crippen MR) is 96.0 cm³/mol. The van der Waals surface area contributed by atoms with Crippen LogP contribution in [-0.4, -0.2) is 76.3 Å². The van der Waals surface area contributed by atoms with Crippen molar-refractivity contribution in [3.63, 3.8) is 0 Å². The third kappa shape index (κ3) is 3.53. The molecule has 0 aromatic carbocycles. The van der Waals surface area contributed by atoms with Crippen molar-refractivity contribution in [2.45, 2.75) is 51.7 Å². The molecule has 1 aromatic heterocycles. The lowest BCUT2D eigenvalue weighted by Gasteiger charge is -2.52. The van der Waals surface area contributed by atoms with Gasteiger partial charge in [-0.05, 0) is 24.8 Å². The highest BCUT2D eigenvalue weighted by Crippen LogP contribution is 2.43. The molecule has 3 heterocycles. The van der Waals surface area contributed by atoms with E-state index in [2.05, 4.69) is 30.7 Å². The average Bonchev–Trinajstić information content (AvgIpc) is 3.26. The maximum absolute atomic E-state index is 12.2. The van der Waals surface area contributed by atoms with E-state index in [-0.39, 0.29) is 29.1 Å². The number of hydrogen-bond donors (Lipinski definition) is 1. The summed E-state index contributed by atoms with van der Waals surface area (Å²) in [7, 11) is 2.86. The van der Waals surface area contributed by atoms with E-state index < -0.39 is 18.0 Å². The van der Waals surface area contributed by atoms with Gasteiger partial charge < -0.3 is 9.52 Å². The molecule has 2 aliphatic rings. The van der Waals surface area contributed by atoms with Gasteiger partial charge in [0.05, 0.1) is 13.2 Å². The SMILES string of the molecule is CON(C)C(=O)c1coc([C@@H]2CN3CCC[C@@H]3C(C(C)(C)C)N2C(=O)O)n1. The number of aromatic nitrogens is 1. The normalized spacial score (nSPS) is 26.1. The fourth-order valence-electron chi connectivity index (χ4n) is 4.35. The van der Waals surface area contributed by atoms with E-state index in [0.717, 1.165) is 24.4 Å². The molecule has 2 aliphatic heterocycles. The molecule has 27 heavy (non-hydrogen) atoms. The number of carbonyl (C=O) groups is 2. The first-order valence-electron chi connectivity index (χ1n) is 9.18. The minimum Gasteiger partial charge on any atom is -0.465 e. The van der Waals surface area contributed by atoms with Gasteiger partial charge in [0, 0.05) is 19.6 Å². The Kier molecular flexibility index (Phi) is 5.18. The Morgan fingerprint density at radius 2 is 2.11 bits per heavy atom. The second-order valence-corrected chi connectivity index (χ2v) is 8.28. The number of carbonyl (C=O) groups excluding carboxylic acids is 1. The van der Waals surface area contributed by atoms with Crippen molar-refractivity contribution in [1.29, 1.82) is 0 Å². The summed E-state index contributed by atoms with van der Waals surface area (Å²) in [5.74, 6) is -0.207. The van der Waals surface area contributed by atoms with Crippen LogP contribution in [0, 0.1) is 5.41 Å². The van der Waals surface area contributed by atoms with Crippen LogP contribution in [0.1, 0.15) is 56.0 Å². The quantitative estimate of drug-likeness (QED) is 0.803. The van der Waals surface area contributed by atoms with Crippen molar-refractivity contribution in [1.82, 2.24) is 19.8 Å². The lowest BCUT2D eigenvalue weighted by Crippen LogP contribution is -2.64. The highest BCUT2D eigenvalue weighted by atomic mass is 16.7. The number of hydrogen-bond acceptors (Lipinski definition) is 6. The fourth-order valence-corrected chi connectivity index (χ4v) is 4.35. The molecule has 9 heteroatoms. The zero-order valence-corrected chi connectivity index (χ0v) is 16.5. The first kappa shape index (κ1) is 19.6. The van der Waals surface area contributed by atoms with Crippen molar-refractivity contribution >= 4 is 12.0 Å². The smallest absolute Gasteiger partial charge is 0.408 e.